The van der Waals surface area contributed by atoms with Crippen LogP contribution in [0.3, 0.4) is 0 Å². The summed E-state index contributed by atoms with van der Waals surface area (Å²) in [7, 11) is 0. The number of benzene rings is 3. The van der Waals surface area contributed by atoms with Crippen LogP contribution in [0, 0.1) is 0 Å². The Kier molecular flexibility index (Phi) is 7.05. The molecule has 5 heteroatoms. The topological polar surface area (TPSA) is 61.8 Å². The van der Waals surface area contributed by atoms with E-state index in [-0.39, 0.29) is 18.7 Å². The standard InChI is InChI=1S/C29H34N2O3/c1-28(2,3)34-27(33)30-25-19-26(21-32)31(20-25)29(22-13-7-4-8-14-22,23-15-9-5-10-16-23)24-17-11-6-12-18-24/h4-18,25-26,32H,19-21H2,1-3H3,(H,30,33)/t25-,26+/m1/s1. The van der Waals surface area contributed by atoms with E-state index in [0.717, 1.165) is 16.7 Å². The summed E-state index contributed by atoms with van der Waals surface area (Å²) in [5.74, 6) is 0. The van der Waals surface area contributed by atoms with Gasteiger partial charge >= 0.3 is 6.09 Å². The Hall–Kier alpha value is -3.15. The molecule has 1 amide bonds. The zero-order chi connectivity index (χ0) is 24.2. The first kappa shape index (κ1) is 24.0. The van der Waals surface area contributed by atoms with Gasteiger partial charge in [-0.3, -0.25) is 4.90 Å². The molecule has 0 spiro atoms. The normalized spacial score (nSPS) is 19.1. The fourth-order valence-corrected chi connectivity index (χ4v) is 5.11. The quantitative estimate of drug-likeness (QED) is 0.514. The number of aliphatic hydroxyl groups excluding tert-OH is 1. The molecule has 1 aliphatic rings. The van der Waals surface area contributed by atoms with Crippen LogP contribution in [0.2, 0.25) is 0 Å². The first-order chi connectivity index (χ1) is 16.3. The third-order valence-electron chi connectivity index (χ3n) is 6.35. The number of carbonyl (C=O) groups is 1. The molecule has 5 nitrogen and oxygen atoms in total. The number of alkyl carbamates (subject to hydrolysis) is 1. The number of rotatable bonds is 6. The molecular formula is C29H34N2O3. The van der Waals surface area contributed by atoms with E-state index in [0.29, 0.717) is 13.0 Å². The maximum atomic E-state index is 12.6. The van der Waals surface area contributed by atoms with Crippen molar-refractivity contribution in [1.82, 2.24) is 10.2 Å². The number of hydrogen-bond acceptors (Lipinski definition) is 4. The average molecular weight is 459 g/mol. The van der Waals surface area contributed by atoms with Crippen molar-refractivity contribution in [1.29, 1.82) is 0 Å². The van der Waals surface area contributed by atoms with Crippen LogP contribution in [-0.4, -0.2) is 46.9 Å². The maximum absolute atomic E-state index is 12.6. The molecule has 1 fully saturated rings. The molecule has 0 aromatic heterocycles. The Balaban J connectivity index is 1.83. The number of carbonyl (C=O) groups excluding carboxylic acids is 1. The lowest BCUT2D eigenvalue weighted by Crippen LogP contribution is -2.52. The number of nitrogens with one attached hydrogen (secondary N) is 1. The van der Waals surface area contributed by atoms with Crippen LogP contribution in [0.25, 0.3) is 0 Å². The minimum Gasteiger partial charge on any atom is -0.444 e. The van der Waals surface area contributed by atoms with E-state index in [9.17, 15) is 9.90 Å². The molecular weight excluding hydrogens is 424 g/mol. The van der Waals surface area contributed by atoms with E-state index in [1.54, 1.807) is 0 Å². The lowest BCUT2D eigenvalue weighted by molar-refractivity contribution is 0.0502. The highest BCUT2D eigenvalue weighted by Gasteiger charge is 2.49. The van der Waals surface area contributed by atoms with Crippen molar-refractivity contribution in [2.45, 2.75) is 50.4 Å². The Bertz CT molecular complexity index is 968. The molecule has 0 unspecified atom stereocenters. The smallest absolute Gasteiger partial charge is 0.407 e. The third kappa shape index (κ3) is 4.86. The fourth-order valence-electron chi connectivity index (χ4n) is 5.11. The first-order valence-electron chi connectivity index (χ1n) is 11.9. The van der Waals surface area contributed by atoms with Crippen molar-refractivity contribution in [3.8, 4) is 0 Å². The van der Waals surface area contributed by atoms with Crippen molar-refractivity contribution in [2.75, 3.05) is 13.2 Å². The number of aliphatic hydroxyl groups is 1. The molecule has 3 aromatic carbocycles. The number of likely N-dealkylation sites (tertiary alicyclic amines) is 1. The van der Waals surface area contributed by atoms with Crippen molar-refractivity contribution in [3.05, 3.63) is 108 Å². The van der Waals surface area contributed by atoms with Gasteiger partial charge in [-0.15, -0.1) is 0 Å². The number of amides is 1. The van der Waals surface area contributed by atoms with Gasteiger partial charge in [-0.2, -0.15) is 0 Å². The molecule has 34 heavy (non-hydrogen) atoms. The van der Waals surface area contributed by atoms with Gasteiger partial charge < -0.3 is 15.2 Å². The van der Waals surface area contributed by atoms with Crippen molar-refractivity contribution >= 4 is 6.09 Å². The molecule has 4 rings (SSSR count). The van der Waals surface area contributed by atoms with Crippen LogP contribution >= 0.6 is 0 Å². The second-order valence-electron chi connectivity index (χ2n) is 9.88. The molecule has 2 N–H and O–H groups in total. The van der Waals surface area contributed by atoms with Crippen molar-refractivity contribution in [2.24, 2.45) is 0 Å². The van der Waals surface area contributed by atoms with Gasteiger partial charge in [0.1, 0.15) is 5.60 Å². The van der Waals surface area contributed by atoms with Gasteiger partial charge in [0.2, 0.25) is 0 Å². The summed E-state index contributed by atoms with van der Waals surface area (Å²) in [5, 5.41) is 13.5. The second kappa shape index (κ2) is 10.00. The average Bonchev–Trinajstić information content (AvgIpc) is 3.23. The second-order valence-corrected chi connectivity index (χ2v) is 9.88. The van der Waals surface area contributed by atoms with E-state index < -0.39 is 17.2 Å². The highest BCUT2D eigenvalue weighted by atomic mass is 16.6. The van der Waals surface area contributed by atoms with Gasteiger partial charge in [0.25, 0.3) is 0 Å². The van der Waals surface area contributed by atoms with Crippen LogP contribution < -0.4 is 5.32 Å². The highest BCUT2D eigenvalue weighted by Crippen LogP contribution is 2.45. The summed E-state index contributed by atoms with van der Waals surface area (Å²) < 4.78 is 5.51. The number of hydrogen-bond donors (Lipinski definition) is 2. The molecule has 0 radical (unpaired) electrons. The summed E-state index contributed by atoms with van der Waals surface area (Å²) in [4.78, 5) is 14.9. The van der Waals surface area contributed by atoms with Crippen LogP contribution in [0.15, 0.2) is 91.0 Å². The zero-order valence-corrected chi connectivity index (χ0v) is 20.1. The Morgan fingerprint density at radius 2 is 1.32 bits per heavy atom. The lowest BCUT2D eigenvalue weighted by atomic mass is 9.75. The van der Waals surface area contributed by atoms with Gasteiger partial charge in [-0.05, 0) is 43.9 Å². The van der Waals surface area contributed by atoms with Crippen LogP contribution in [0.5, 0.6) is 0 Å². The predicted octanol–water partition coefficient (Wildman–Crippen LogP) is 4.94. The van der Waals surface area contributed by atoms with E-state index >= 15 is 0 Å². The van der Waals surface area contributed by atoms with Gasteiger partial charge in [-0.1, -0.05) is 91.0 Å². The van der Waals surface area contributed by atoms with Gasteiger partial charge in [0.05, 0.1) is 12.1 Å². The van der Waals surface area contributed by atoms with Gasteiger partial charge in [0, 0.05) is 18.6 Å². The maximum Gasteiger partial charge on any atom is 0.407 e. The Labute approximate surface area is 202 Å². The van der Waals surface area contributed by atoms with Crippen LogP contribution in [0.4, 0.5) is 4.79 Å². The molecule has 2 atom stereocenters. The van der Waals surface area contributed by atoms with Gasteiger partial charge in [-0.25, -0.2) is 4.79 Å². The highest BCUT2D eigenvalue weighted by molar-refractivity contribution is 5.68. The lowest BCUT2D eigenvalue weighted by Gasteiger charge is -2.46. The molecule has 0 saturated carbocycles. The number of nitrogens with zero attached hydrogens (tertiary/aromatic N) is 1. The predicted molar refractivity (Wildman–Crippen MR) is 135 cm³/mol. The molecule has 3 aromatic rings. The fraction of sp³-hybridized carbons (Fsp3) is 0.345. The minimum absolute atomic E-state index is 0.0131. The monoisotopic (exact) mass is 458 g/mol. The Morgan fingerprint density at radius 1 is 0.882 bits per heavy atom. The molecule has 0 bridgehead atoms. The van der Waals surface area contributed by atoms with E-state index in [1.807, 2.05) is 39.0 Å². The minimum atomic E-state index is -0.637. The van der Waals surface area contributed by atoms with Crippen LogP contribution in [0.1, 0.15) is 43.9 Å². The third-order valence-corrected chi connectivity index (χ3v) is 6.35. The molecule has 178 valence electrons. The summed E-state index contributed by atoms with van der Waals surface area (Å²) in [6, 6.07) is 30.9. The zero-order valence-electron chi connectivity index (χ0n) is 20.1. The molecule has 1 saturated heterocycles. The number of ether oxygens (including phenoxy) is 1. The van der Waals surface area contributed by atoms with Crippen molar-refractivity contribution < 1.29 is 14.6 Å². The van der Waals surface area contributed by atoms with E-state index in [1.165, 1.54) is 0 Å². The largest absolute Gasteiger partial charge is 0.444 e. The SMILES string of the molecule is CC(C)(C)OC(=O)N[C@@H]1C[C@@H](CO)N(C(c2ccccc2)(c2ccccc2)c2ccccc2)C1. The van der Waals surface area contributed by atoms with Crippen molar-refractivity contribution in [3.63, 3.8) is 0 Å². The Morgan fingerprint density at radius 3 is 1.71 bits per heavy atom. The first-order valence-corrected chi connectivity index (χ1v) is 11.9. The summed E-state index contributed by atoms with van der Waals surface area (Å²) >= 11 is 0. The molecule has 0 aliphatic carbocycles. The van der Waals surface area contributed by atoms with E-state index in [4.69, 9.17) is 4.74 Å². The summed E-state index contributed by atoms with van der Waals surface area (Å²) in [6.07, 6.45) is 0.199. The van der Waals surface area contributed by atoms with Crippen LogP contribution in [-0.2, 0) is 10.3 Å². The van der Waals surface area contributed by atoms with E-state index in [2.05, 4.69) is 83.0 Å². The molecule has 1 heterocycles. The summed E-state index contributed by atoms with van der Waals surface area (Å²) in [5.41, 5.74) is 2.14. The van der Waals surface area contributed by atoms with Gasteiger partial charge in [0.15, 0.2) is 0 Å². The molecule has 1 aliphatic heterocycles. The summed E-state index contributed by atoms with van der Waals surface area (Å²) in [6.45, 7) is 6.13.